The molecule has 0 atom stereocenters. The van der Waals surface area contributed by atoms with E-state index in [1.165, 1.54) is 47.7 Å². The molecule has 0 unspecified atom stereocenters. The fraction of sp³-hybridized carbons (Fsp3) is 0. The van der Waals surface area contributed by atoms with Crippen LogP contribution in [0.3, 0.4) is 0 Å². The lowest BCUT2D eigenvalue weighted by atomic mass is 10.2. The molecule has 2 heterocycles. The van der Waals surface area contributed by atoms with Gasteiger partial charge < -0.3 is 5.32 Å². The van der Waals surface area contributed by atoms with Gasteiger partial charge in [-0.15, -0.1) is 11.3 Å². The third kappa shape index (κ3) is 3.30. The maximum Gasteiger partial charge on any atom is 0.282 e. The molecule has 0 bridgehead atoms. The molecule has 1 aliphatic rings. The maximum absolute atomic E-state index is 13.2. The van der Waals surface area contributed by atoms with Gasteiger partial charge in [0.25, 0.3) is 11.8 Å². The number of halogens is 3. The second kappa shape index (κ2) is 7.39. The van der Waals surface area contributed by atoms with Gasteiger partial charge in [0, 0.05) is 15.6 Å². The van der Waals surface area contributed by atoms with Crippen molar-refractivity contribution < 1.29 is 14.0 Å². The second-order valence-corrected chi connectivity index (χ2v) is 7.69. The van der Waals surface area contributed by atoms with Gasteiger partial charge in [0.15, 0.2) is 0 Å². The van der Waals surface area contributed by atoms with Gasteiger partial charge >= 0.3 is 0 Å². The lowest BCUT2D eigenvalue weighted by Gasteiger charge is -2.17. The van der Waals surface area contributed by atoms with E-state index in [1.54, 1.807) is 18.2 Å². The van der Waals surface area contributed by atoms with Crippen molar-refractivity contribution in [3.05, 3.63) is 86.4 Å². The summed E-state index contributed by atoms with van der Waals surface area (Å²) in [6.07, 6.45) is 0. The van der Waals surface area contributed by atoms with Crippen molar-refractivity contribution in [3.8, 4) is 0 Å². The Hall–Kier alpha value is -2.67. The van der Waals surface area contributed by atoms with Crippen molar-refractivity contribution in [2.24, 2.45) is 0 Å². The number of imide groups is 1. The monoisotopic (exact) mass is 432 g/mol. The van der Waals surface area contributed by atoms with Crippen LogP contribution in [0.25, 0.3) is 5.57 Å². The summed E-state index contributed by atoms with van der Waals surface area (Å²) in [5.74, 6) is -1.48. The standard InChI is InChI=1S/C20H11Cl2FN2O2S/c21-11-3-8-14(22)15(10-11)25-19(26)17(16-2-1-9-28-16)18(20(25)27)24-13-6-4-12(23)5-7-13/h1-10,24H. The highest BCUT2D eigenvalue weighted by Gasteiger charge is 2.41. The van der Waals surface area contributed by atoms with Gasteiger partial charge in [-0.2, -0.15) is 0 Å². The first-order valence-corrected chi connectivity index (χ1v) is 9.74. The Kier molecular flexibility index (Phi) is 4.93. The molecule has 1 aliphatic heterocycles. The fourth-order valence-electron chi connectivity index (χ4n) is 2.85. The molecular weight excluding hydrogens is 422 g/mol. The number of hydrogen-bond acceptors (Lipinski definition) is 4. The Morgan fingerprint density at radius 2 is 1.71 bits per heavy atom. The van der Waals surface area contributed by atoms with E-state index in [9.17, 15) is 14.0 Å². The van der Waals surface area contributed by atoms with Gasteiger partial charge in [0.2, 0.25) is 0 Å². The van der Waals surface area contributed by atoms with Crippen LogP contribution in [0.1, 0.15) is 4.88 Å². The SMILES string of the molecule is O=C1C(Nc2ccc(F)cc2)=C(c2cccs2)C(=O)N1c1cc(Cl)ccc1Cl. The summed E-state index contributed by atoms with van der Waals surface area (Å²) in [6, 6.07) is 13.6. The van der Waals surface area contributed by atoms with Gasteiger partial charge in [-0.05, 0) is 53.9 Å². The molecule has 0 spiro atoms. The Balaban J connectivity index is 1.82. The largest absolute Gasteiger partial charge is 0.350 e. The molecule has 0 radical (unpaired) electrons. The topological polar surface area (TPSA) is 49.4 Å². The summed E-state index contributed by atoms with van der Waals surface area (Å²) >= 11 is 13.6. The molecule has 0 aliphatic carbocycles. The highest BCUT2D eigenvalue weighted by Crippen LogP contribution is 2.38. The molecule has 0 saturated carbocycles. The van der Waals surface area contributed by atoms with Crippen LogP contribution in [-0.4, -0.2) is 11.8 Å². The number of carbonyl (C=O) groups excluding carboxylic acids is 2. The molecule has 4 rings (SSSR count). The Bertz CT molecular complexity index is 1110. The lowest BCUT2D eigenvalue weighted by molar-refractivity contribution is -0.120. The second-order valence-electron chi connectivity index (χ2n) is 5.90. The average Bonchev–Trinajstić information content (AvgIpc) is 3.27. The van der Waals surface area contributed by atoms with Crippen LogP contribution < -0.4 is 10.2 Å². The van der Waals surface area contributed by atoms with Crippen molar-refractivity contribution in [3.63, 3.8) is 0 Å². The normalized spacial score (nSPS) is 14.2. The molecule has 8 heteroatoms. The number of nitrogens with zero attached hydrogens (tertiary/aromatic N) is 1. The molecular formula is C20H11Cl2FN2O2S. The minimum Gasteiger partial charge on any atom is -0.350 e. The molecule has 140 valence electrons. The summed E-state index contributed by atoms with van der Waals surface area (Å²) in [4.78, 5) is 28.0. The first kappa shape index (κ1) is 18.7. The van der Waals surface area contributed by atoms with Crippen molar-refractivity contribution in [1.29, 1.82) is 0 Å². The zero-order valence-electron chi connectivity index (χ0n) is 14.1. The van der Waals surface area contributed by atoms with E-state index in [0.29, 0.717) is 15.6 Å². The molecule has 2 aromatic carbocycles. The number of rotatable bonds is 4. The zero-order valence-corrected chi connectivity index (χ0v) is 16.4. The van der Waals surface area contributed by atoms with Crippen LogP contribution in [0.5, 0.6) is 0 Å². The minimum absolute atomic E-state index is 0.0927. The van der Waals surface area contributed by atoms with Gasteiger partial charge in [0.05, 0.1) is 16.3 Å². The third-order valence-electron chi connectivity index (χ3n) is 4.11. The van der Waals surface area contributed by atoms with Gasteiger partial charge in [-0.1, -0.05) is 29.3 Å². The number of benzene rings is 2. The van der Waals surface area contributed by atoms with E-state index >= 15 is 0 Å². The number of hydrogen-bond donors (Lipinski definition) is 1. The van der Waals surface area contributed by atoms with Crippen LogP contribution in [-0.2, 0) is 9.59 Å². The predicted octanol–water partition coefficient (Wildman–Crippen LogP) is 5.59. The maximum atomic E-state index is 13.2. The van der Waals surface area contributed by atoms with Crippen molar-refractivity contribution >= 4 is 63.3 Å². The van der Waals surface area contributed by atoms with Crippen LogP contribution in [0.4, 0.5) is 15.8 Å². The molecule has 0 fully saturated rings. The van der Waals surface area contributed by atoms with E-state index in [1.807, 2.05) is 5.38 Å². The summed E-state index contributed by atoms with van der Waals surface area (Å²) in [6.45, 7) is 0. The first-order valence-electron chi connectivity index (χ1n) is 8.10. The van der Waals surface area contributed by atoms with Crippen LogP contribution in [0, 0.1) is 5.82 Å². The van der Waals surface area contributed by atoms with Crippen molar-refractivity contribution in [1.82, 2.24) is 0 Å². The molecule has 1 N–H and O–H groups in total. The Morgan fingerprint density at radius 3 is 2.39 bits per heavy atom. The summed E-state index contributed by atoms with van der Waals surface area (Å²) in [5.41, 5.74) is 0.996. The van der Waals surface area contributed by atoms with E-state index in [4.69, 9.17) is 23.2 Å². The Morgan fingerprint density at radius 1 is 0.964 bits per heavy atom. The number of thiophene rings is 1. The van der Waals surface area contributed by atoms with Gasteiger partial charge in [-0.25, -0.2) is 9.29 Å². The number of nitrogens with one attached hydrogen (secondary N) is 1. The van der Waals surface area contributed by atoms with Crippen LogP contribution in [0.2, 0.25) is 10.0 Å². The van der Waals surface area contributed by atoms with E-state index in [0.717, 1.165) is 4.90 Å². The van der Waals surface area contributed by atoms with Crippen LogP contribution >= 0.6 is 34.5 Å². The summed E-state index contributed by atoms with van der Waals surface area (Å²) in [7, 11) is 0. The number of carbonyl (C=O) groups is 2. The van der Waals surface area contributed by atoms with Crippen molar-refractivity contribution in [2.45, 2.75) is 0 Å². The fourth-order valence-corrected chi connectivity index (χ4v) is 3.99. The quantitative estimate of drug-likeness (QED) is 0.546. The molecule has 28 heavy (non-hydrogen) atoms. The zero-order chi connectivity index (χ0) is 19.8. The smallest absolute Gasteiger partial charge is 0.282 e. The minimum atomic E-state index is -0.568. The average molecular weight is 433 g/mol. The molecule has 1 aromatic heterocycles. The molecule has 4 nitrogen and oxygen atoms in total. The summed E-state index contributed by atoms with van der Waals surface area (Å²) < 4.78 is 13.2. The number of amides is 2. The first-order chi connectivity index (χ1) is 13.5. The highest BCUT2D eigenvalue weighted by molar-refractivity contribution is 7.11. The van der Waals surface area contributed by atoms with Gasteiger partial charge in [0.1, 0.15) is 11.5 Å². The molecule has 0 saturated heterocycles. The highest BCUT2D eigenvalue weighted by atomic mass is 35.5. The molecule has 3 aromatic rings. The van der Waals surface area contributed by atoms with Crippen LogP contribution in [0.15, 0.2) is 65.7 Å². The van der Waals surface area contributed by atoms with Crippen molar-refractivity contribution in [2.75, 3.05) is 10.2 Å². The third-order valence-corrected chi connectivity index (χ3v) is 5.56. The van der Waals surface area contributed by atoms with Gasteiger partial charge in [-0.3, -0.25) is 9.59 Å². The number of anilines is 2. The molecule has 2 amide bonds. The summed E-state index contributed by atoms with van der Waals surface area (Å²) in [5, 5.41) is 5.33. The van der Waals surface area contributed by atoms with E-state index in [-0.39, 0.29) is 22.0 Å². The lowest BCUT2D eigenvalue weighted by Crippen LogP contribution is -2.32. The van der Waals surface area contributed by atoms with E-state index in [2.05, 4.69) is 5.32 Å². The Labute approximate surface area is 173 Å². The van der Waals surface area contributed by atoms with E-state index < -0.39 is 17.6 Å². The predicted molar refractivity (Wildman–Crippen MR) is 110 cm³/mol.